The lowest BCUT2D eigenvalue weighted by atomic mass is 9.80. The van der Waals surface area contributed by atoms with E-state index in [0.717, 1.165) is 0 Å². The molecule has 6 aromatic rings. The van der Waals surface area contributed by atoms with Crippen LogP contribution in [0, 0.1) is 0 Å². The summed E-state index contributed by atoms with van der Waals surface area (Å²) in [5.74, 6) is 0. The Morgan fingerprint density at radius 2 is 0.775 bits per heavy atom. The molecular formula is C40H36. The first-order chi connectivity index (χ1) is 19.1. The van der Waals surface area contributed by atoms with E-state index in [-0.39, 0.29) is 10.8 Å². The predicted octanol–water partition coefficient (Wildman–Crippen LogP) is 11.6. The number of hydrogen-bond donors (Lipinski definition) is 0. The molecule has 0 nitrogen and oxygen atoms in total. The van der Waals surface area contributed by atoms with Gasteiger partial charge in [-0.05, 0) is 88.0 Å². The Bertz CT molecular complexity index is 1780. The van der Waals surface area contributed by atoms with Gasteiger partial charge in [0.25, 0.3) is 0 Å². The summed E-state index contributed by atoms with van der Waals surface area (Å²) < 4.78 is 0. The molecule has 7 rings (SSSR count). The fraction of sp³-hybridized carbons (Fsp3) is 0.200. The third-order valence-corrected chi connectivity index (χ3v) is 8.74. The van der Waals surface area contributed by atoms with E-state index in [2.05, 4.69) is 151 Å². The molecule has 0 saturated heterocycles. The maximum absolute atomic E-state index is 2.34. The smallest absolute Gasteiger partial charge is 0.000742 e. The van der Waals surface area contributed by atoms with E-state index in [0.29, 0.717) is 0 Å². The summed E-state index contributed by atoms with van der Waals surface area (Å²) in [7, 11) is 0. The molecule has 0 aromatic heterocycles. The third kappa shape index (κ3) is 3.74. The van der Waals surface area contributed by atoms with Gasteiger partial charge in [-0.15, -0.1) is 0 Å². The van der Waals surface area contributed by atoms with Crippen LogP contribution < -0.4 is 0 Å². The zero-order chi connectivity index (χ0) is 27.8. The Labute approximate surface area is 238 Å². The number of hydrogen-bond acceptors (Lipinski definition) is 0. The Kier molecular flexibility index (Phi) is 5.39. The number of rotatable bonds is 2. The molecule has 0 spiro atoms. The summed E-state index contributed by atoms with van der Waals surface area (Å²) in [6, 6.07) is 41.2. The van der Waals surface area contributed by atoms with Crippen molar-refractivity contribution in [2.75, 3.05) is 0 Å². The van der Waals surface area contributed by atoms with Gasteiger partial charge in [-0.2, -0.15) is 0 Å². The zero-order valence-electron chi connectivity index (χ0n) is 24.4. The minimum Gasteiger partial charge on any atom is -0.0616 e. The van der Waals surface area contributed by atoms with Crippen molar-refractivity contribution in [3.63, 3.8) is 0 Å². The zero-order valence-corrected chi connectivity index (χ0v) is 24.4. The third-order valence-electron chi connectivity index (χ3n) is 8.74. The molecule has 1 aliphatic carbocycles. The highest BCUT2D eigenvalue weighted by Gasteiger charge is 2.30. The molecular weight excluding hydrogens is 480 g/mol. The molecule has 196 valence electrons. The van der Waals surface area contributed by atoms with Crippen LogP contribution in [0.25, 0.3) is 66.1 Å². The molecule has 40 heavy (non-hydrogen) atoms. The second kappa shape index (κ2) is 8.67. The molecule has 0 aliphatic heterocycles. The first-order valence-corrected chi connectivity index (χ1v) is 14.5. The fourth-order valence-corrected chi connectivity index (χ4v) is 6.61. The van der Waals surface area contributed by atoms with Gasteiger partial charge in [0, 0.05) is 0 Å². The Morgan fingerprint density at radius 1 is 0.375 bits per heavy atom. The van der Waals surface area contributed by atoms with Crippen LogP contribution >= 0.6 is 0 Å². The maximum Gasteiger partial charge on any atom is -0.000742 e. The van der Waals surface area contributed by atoms with Crippen LogP contribution in [0.5, 0.6) is 0 Å². The quantitative estimate of drug-likeness (QED) is 0.214. The van der Waals surface area contributed by atoms with Gasteiger partial charge in [-0.3, -0.25) is 0 Å². The minimum atomic E-state index is 0.119. The normalized spacial score (nSPS) is 12.8. The average molecular weight is 517 g/mol. The second-order valence-electron chi connectivity index (χ2n) is 13.4. The van der Waals surface area contributed by atoms with Crippen LogP contribution in [0.15, 0.2) is 109 Å². The molecule has 0 unspecified atom stereocenters. The number of fused-ring (bicyclic) bond motifs is 4. The van der Waals surface area contributed by atoms with E-state index in [1.807, 2.05) is 0 Å². The molecule has 0 heterocycles. The SMILES string of the molecule is CC(C)(C)c1ccc(-c2c3c(c(-c4ccc(C(C)(C)C)cc4)c4ccccc24)-c2cccc4cccc-3c24)cc1. The summed E-state index contributed by atoms with van der Waals surface area (Å²) in [4.78, 5) is 0. The van der Waals surface area contributed by atoms with Crippen molar-refractivity contribution in [3.05, 3.63) is 120 Å². The fourth-order valence-electron chi connectivity index (χ4n) is 6.61. The predicted molar refractivity (Wildman–Crippen MR) is 174 cm³/mol. The molecule has 0 bridgehead atoms. The van der Waals surface area contributed by atoms with E-state index >= 15 is 0 Å². The van der Waals surface area contributed by atoms with Crippen LogP contribution in [-0.2, 0) is 10.8 Å². The van der Waals surface area contributed by atoms with Gasteiger partial charge in [0.05, 0.1) is 0 Å². The second-order valence-corrected chi connectivity index (χ2v) is 13.4. The highest BCUT2D eigenvalue weighted by Crippen LogP contribution is 2.57. The summed E-state index contributed by atoms with van der Waals surface area (Å²) in [5, 5.41) is 5.29. The monoisotopic (exact) mass is 516 g/mol. The molecule has 0 N–H and O–H groups in total. The van der Waals surface area contributed by atoms with Crippen LogP contribution in [0.2, 0.25) is 0 Å². The molecule has 0 saturated carbocycles. The van der Waals surface area contributed by atoms with Crippen molar-refractivity contribution in [3.8, 4) is 44.5 Å². The van der Waals surface area contributed by atoms with Crippen molar-refractivity contribution in [2.45, 2.75) is 52.4 Å². The van der Waals surface area contributed by atoms with Gasteiger partial charge in [0.2, 0.25) is 0 Å². The molecule has 0 amide bonds. The number of benzene rings is 6. The van der Waals surface area contributed by atoms with Crippen LogP contribution in [0.4, 0.5) is 0 Å². The van der Waals surface area contributed by atoms with Crippen LogP contribution in [0.3, 0.4) is 0 Å². The van der Waals surface area contributed by atoms with E-state index in [1.165, 1.54) is 77.2 Å². The lowest BCUT2D eigenvalue weighted by Gasteiger charge is -2.23. The van der Waals surface area contributed by atoms with Crippen LogP contribution in [0.1, 0.15) is 52.7 Å². The van der Waals surface area contributed by atoms with Crippen LogP contribution in [-0.4, -0.2) is 0 Å². The van der Waals surface area contributed by atoms with Crippen molar-refractivity contribution in [1.29, 1.82) is 0 Å². The van der Waals surface area contributed by atoms with Gasteiger partial charge in [-0.25, -0.2) is 0 Å². The van der Waals surface area contributed by atoms with Gasteiger partial charge in [0.1, 0.15) is 0 Å². The lowest BCUT2D eigenvalue weighted by Crippen LogP contribution is -2.10. The standard InChI is InChI=1S/C40H36/c1-39(2,3)28-21-17-26(18-22-28)35-30-13-7-8-14-31(30)36(27-19-23-29(24-20-27)40(4,5)6)38-33-16-10-12-25-11-9-15-32(34(25)33)37(35)38/h7-24H,1-6H3. The topological polar surface area (TPSA) is 0 Å². The Hall–Kier alpha value is -4.16. The van der Waals surface area contributed by atoms with Crippen molar-refractivity contribution in [1.82, 2.24) is 0 Å². The van der Waals surface area contributed by atoms with Crippen molar-refractivity contribution >= 4 is 21.5 Å². The van der Waals surface area contributed by atoms with E-state index in [1.54, 1.807) is 0 Å². The average Bonchev–Trinajstić information content (AvgIpc) is 3.26. The lowest BCUT2D eigenvalue weighted by molar-refractivity contribution is 0.590. The molecule has 6 aromatic carbocycles. The van der Waals surface area contributed by atoms with Crippen molar-refractivity contribution < 1.29 is 0 Å². The molecule has 0 radical (unpaired) electrons. The van der Waals surface area contributed by atoms with Gasteiger partial charge >= 0.3 is 0 Å². The first kappa shape index (κ1) is 24.9. The summed E-state index contributed by atoms with van der Waals surface area (Å²) >= 11 is 0. The highest BCUT2D eigenvalue weighted by atomic mass is 14.3. The highest BCUT2D eigenvalue weighted by molar-refractivity contribution is 6.27. The van der Waals surface area contributed by atoms with Gasteiger partial charge < -0.3 is 0 Å². The van der Waals surface area contributed by atoms with Crippen molar-refractivity contribution in [2.24, 2.45) is 0 Å². The first-order valence-electron chi connectivity index (χ1n) is 14.5. The Balaban J connectivity index is 1.62. The summed E-state index contributed by atoms with van der Waals surface area (Å²) in [6.07, 6.45) is 0. The van der Waals surface area contributed by atoms with E-state index in [9.17, 15) is 0 Å². The summed E-state index contributed by atoms with van der Waals surface area (Å²) in [5.41, 5.74) is 13.6. The minimum absolute atomic E-state index is 0.119. The maximum atomic E-state index is 2.34. The largest absolute Gasteiger partial charge is 0.0616 e. The van der Waals surface area contributed by atoms with Gasteiger partial charge in [-0.1, -0.05) is 151 Å². The van der Waals surface area contributed by atoms with Gasteiger partial charge in [0.15, 0.2) is 0 Å². The summed E-state index contributed by atoms with van der Waals surface area (Å²) in [6.45, 7) is 13.7. The molecule has 0 fully saturated rings. The van der Waals surface area contributed by atoms with E-state index < -0.39 is 0 Å². The molecule has 0 atom stereocenters. The van der Waals surface area contributed by atoms with E-state index in [4.69, 9.17) is 0 Å². The Morgan fingerprint density at radius 3 is 1.15 bits per heavy atom. The molecule has 1 aliphatic rings. The molecule has 0 heteroatoms.